The summed E-state index contributed by atoms with van der Waals surface area (Å²) in [7, 11) is 4.93. The summed E-state index contributed by atoms with van der Waals surface area (Å²) in [5, 5.41) is 17.2. The highest BCUT2D eigenvalue weighted by atomic mass is 17.1. The van der Waals surface area contributed by atoms with Gasteiger partial charge in [-0.2, -0.15) is 0 Å². The van der Waals surface area contributed by atoms with Crippen LogP contribution in [0.15, 0.2) is 66.7 Å². The van der Waals surface area contributed by atoms with Gasteiger partial charge in [-0.25, -0.2) is 0 Å². The molecule has 2 unspecified atom stereocenters. The molecule has 3 aromatic rings. The van der Waals surface area contributed by atoms with Crippen molar-refractivity contribution in [3.63, 3.8) is 0 Å². The lowest BCUT2D eigenvalue weighted by atomic mass is 9.86. The standard InChI is InChI=1S/C38H52N2O11/c1-44-18-7-20-49-34-24-29(23-33(25-34)45-2)27-50-37-26-39(38(41)11-6-22-51-40(42)43)17-16-35(37)30-12-14-32(15-13-30)48-21-8-19-47-28-31-9-4-5-10-36(31)46-3/h4-5,9-10,12-15,23-25,35,37,42-43H,6-8,11,16-22,26-28H2,1-3H3. The van der Waals surface area contributed by atoms with Gasteiger partial charge in [0.2, 0.25) is 5.91 Å². The largest absolute Gasteiger partial charge is 0.497 e. The van der Waals surface area contributed by atoms with E-state index in [1.165, 1.54) is 0 Å². The summed E-state index contributed by atoms with van der Waals surface area (Å²) in [4.78, 5) is 19.5. The fraction of sp³-hybridized carbons (Fsp3) is 0.500. The number of rotatable bonds is 23. The summed E-state index contributed by atoms with van der Waals surface area (Å²) in [5.74, 6) is 2.94. The van der Waals surface area contributed by atoms with Crippen molar-refractivity contribution in [2.45, 2.75) is 57.3 Å². The van der Waals surface area contributed by atoms with Crippen LogP contribution in [0.5, 0.6) is 23.0 Å². The molecule has 51 heavy (non-hydrogen) atoms. The number of carbonyl (C=O) groups is 1. The molecule has 0 spiro atoms. The minimum atomic E-state index is -0.343. The van der Waals surface area contributed by atoms with E-state index >= 15 is 0 Å². The number of amides is 1. The number of methoxy groups -OCH3 is 3. The highest BCUT2D eigenvalue weighted by molar-refractivity contribution is 5.76. The zero-order chi connectivity index (χ0) is 36.3. The zero-order valence-electron chi connectivity index (χ0n) is 29.9. The van der Waals surface area contributed by atoms with Crippen LogP contribution in [0.1, 0.15) is 54.7 Å². The monoisotopic (exact) mass is 712 g/mol. The van der Waals surface area contributed by atoms with E-state index in [4.69, 9.17) is 43.6 Å². The Bertz CT molecular complexity index is 1440. The minimum absolute atomic E-state index is 0.00516. The molecule has 2 atom stereocenters. The zero-order valence-corrected chi connectivity index (χ0v) is 29.9. The van der Waals surface area contributed by atoms with Crippen LogP contribution in [0.4, 0.5) is 0 Å². The number of carbonyl (C=O) groups excluding carboxylic acids is 1. The van der Waals surface area contributed by atoms with Crippen molar-refractivity contribution in [1.29, 1.82) is 0 Å². The lowest BCUT2D eigenvalue weighted by Gasteiger charge is -2.39. The van der Waals surface area contributed by atoms with Crippen LogP contribution in [0, 0.1) is 0 Å². The van der Waals surface area contributed by atoms with Gasteiger partial charge in [0.15, 0.2) is 0 Å². The molecule has 2 N–H and O–H groups in total. The molecular formula is C38H52N2O11. The van der Waals surface area contributed by atoms with E-state index in [0.29, 0.717) is 77.1 Å². The third kappa shape index (κ3) is 13.6. The predicted molar refractivity (Wildman–Crippen MR) is 187 cm³/mol. The second-order valence-electron chi connectivity index (χ2n) is 12.1. The van der Waals surface area contributed by atoms with E-state index in [-0.39, 0.29) is 36.3 Å². The van der Waals surface area contributed by atoms with E-state index in [1.54, 1.807) is 26.2 Å². The lowest BCUT2D eigenvalue weighted by Crippen LogP contribution is -2.46. The molecule has 1 fully saturated rings. The average Bonchev–Trinajstić information content (AvgIpc) is 3.15. The maximum atomic E-state index is 13.1. The summed E-state index contributed by atoms with van der Waals surface area (Å²) in [6.45, 7) is 3.98. The molecule has 0 bridgehead atoms. The van der Waals surface area contributed by atoms with Crippen LogP contribution in [-0.2, 0) is 37.1 Å². The van der Waals surface area contributed by atoms with Crippen molar-refractivity contribution in [3.8, 4) is 23.0 Å². The van der Waals surface area contributed by atoms with Gasteiger partial charge in [0, 0.05) is 63.6 Å². The molecule has 0 aliphatic carbocycles. The summed E-state index contributed by atoms with van der Waals surface area (Å²) in [6, 6.07) is 21.6. The van der Waals surface area contributed by atoms with E-state index in [2.05, 4.69) is 17.0 Å². The van der Waals surface area contributed by atoms with E-state index in [1.807, 2.05) is 54.6 Å². The average molecular weight is 713 g/mol. The van der Waals surface area contributed by atoms with Gasteiger partial charge in [-0.15, -0.1) is 0 Å². The number of benzene rings is 3. The summed E-state index contributed by atoms with van der Waals surface area (Å²) in [6.07, 6.45) is 2.49. The van der Waals surface area contributed by atoms with Gasteiger partial charge >= 0.3 is 0 Å². The van der Waals surface area contributed by atoms with Crippen LogP contribution < -0.4 is 18.9 Å². The molecule has 13 heteroatoms. The fourth-order valence-electron chi connectivity index (χ4n) is 5.90. The number of ether oxygens (including phenoxy) is 7. The molecule has 0 saturated carbocycles. The Hall–Kier alpha value is -3.95. The Labute approximate surface area is 300 Å². The second-order valence-corrected chi connectivity index (χ2v) is 12.1. The van der Waals surface area contributed by atoms with Crippen molar-refractivity contribution < 1.29 is 53.2 Å². The molecule has 1 aliphatic heterocycles. The van der Waals surface area contributed by atoms with Gasteiger partial charge in [-0.05, 0) is 54.3 Å². The molecule has 1 aliphatic rings. The Kier molecular flexibility index (Phi) is 17.2. The number of nitrogens with zero attached hydrogens (tertiary/aromatic N) is 2. The Morgan fingerprint density at radius 2 is 1.55 bits per heavy atom. The number of likely N-dealkylation sites (tertiary alicyclic amines) is 1. The van der Waals surface area contributed by atoms with E-state index < -0.39 is 0 Å². The first-order chi connectivity index (χ1) is 24.9. The topological polar surface area (TPSA) is 138 Å². The molecule has 1 heterocycles. The number of hydrogen-bond acceptors (Lipinski definition) is 12. The Balaban J connectivity index is 1.35. The maximum absolute atomic E-state index is 13.1. The second kappa shape index (κ2) is 22.1. The lowest BCUT2D eigenvalue weighted by molar-refractivity contribution is -0.492. The van der Waals surface area contributed by atoms with Gasteiger partial charge in [-0.3, -0.25) is 20.0 Å². The molecule has 1 saturated heterocycles. The molecule has 280 valence electrons. The first-order valence-corrected chi connectivity index (χ1v) is 17.3. The van der Waals surface area contributed by atoms with Gasteiger partial charge < -0.3 is 38.1 Å². The first kappa shape index (κ1) is 39.8. The van der Waals surface area contributed by atoms with E-state index in [0.717, 1.165) is 41.0 Å². The van der Waals surface area contributed by atoms with Gasteiger partial charge in [0.1, 0.15) is 23.0 Å². The quantitative estimate of drug-likeness (QED) is 0.0908. The fourth-order valence-corrected chi connectivity index (χ4v) is 5.90. The van der Waals surface area contributed by atoms with Gasteiger partial charge in [0.05, 0.1) is 65.4 Å². The smallest absolute Gasteiger partial charge is 0.222 e. The van der Waals surface area contributed by atoms with Crippen LogP contribution in [0.2, 0.25) is 0 Å². The summed E-state index contributed by atoms with van der Waals surface area (Å²) in [5.41, 5.74) is 3.01. The Morgan fingerprint density at radius 1 is 0.804 bits per heavy atom. The van der Waals surface area contributed by atoms with Crippen molar-refractivity contribution in [2.24, 2.45) is 0 Å². The van der Waals surface area contributed by atoms with Crippen LogP contribution >= 0.6 is 0 Å². The first-order valence-electron chi connectivity index (χ1n) is 17.3. The van der Waals surface area contributed by atoms with E-state index in [9.17, 15) is 4.79 Å². The van der Waals surface area contributed by atoms with Crippen molar-refractivity contribution in [3.05, 3.63) is 83.4 Å². The molecule has 3 aromatic carbocycles. The van der Waals surface area contributed by atoms with Crippen LogP contribution in [0.25, 0.3) is 0 Å². The maximum Gasteiger partial charge on any atom is 0.222 e. The van der Waals surface area contributed by atoms with Crippen molar-refractivity contribution in [2.75, 3.05) is 67.5 Å². The Morgan fingerprint density at radius 3 is 2.29 bits per heavy atom. The summed E-state index contributed by atoms with van der Waals surface area (Å²) >= 11 is 0. The molecular weight excluding hydrogens is 660 g/mol. The predicted octanol–water partition coefficient (Wildman–Crippen LogP) is 5.80. The van der Waals surface area contributed by atoms with Crippen molar-refractivity contribution in [1.82, 2.24) is 10.3 Å². The summed E-state index contributed by atoms with van der Waals surface area (Å²) < 4.78 is 40.4. The SMILES string of the molecule is COCCCOc1cc(COC2CN(C(=O)CCCON(O)O)CCC2c2ccc(OCCCOCc3ccccc3OC)cc2)cc(OC)c1. The number of piperidine rings is 1. The normalized spacial score (nSPS) is 15.9. The molecule has 13 nitrogen and oxygen atoms in total. The number of para-hydroxylation sites is 1. The highest BCUT2D eigenvalue weighted by Gasteiger charge is 2.33. The molecule has 1 amide bonds. The van der Waals surface area contributed by atoms with Crippen LogP contribution in [-0.4, -0.2) is 100 Å². The third-order valence-corrected chi connectivity index (χ3v) is 8.51. The van der Waals surface area contributed by atoms with Crippen LogP contribution in [0.3, 0.4) is 0 Å². The third-order valence-electron chi connectivity index (χ3n) is 8.51. The molecule has 0 aromatic heterocycles. The minimum Gasteiger partial charge on any atom is -0.497 e. The highest BCUT2D eigenvalue weighted by Crippen LogP contribution is 2.33. The molecule has 0 radical (unpaired) electrons. The van der Waals surface area contributed by atoms with Crippen molar-refractivity contribution >= 4 is 5.91 Å². The van der Waals surface area contributed by atoms with Gasteiger partial charge in [-0.1, -0.05) is 30.3 Å². The number of hydrogen-bond donors (Lipinski definition) is 2. The molecule has 4 rings (SSSR count). The van der Waals surface area contributed by atoms with Gasteiger partial charge in [0.25, 0.3) is 0 Å².